The summed E-state index contributed by atoms with van der Waals surface area (Å²) in [4.78, 5) is 34.8. The average Bonchev–Trinajstić information content (AvgIpc) is 3.84. The van der Waals surface area contributed by atoms with Gasteiger partial charge in [0, 0.05) is 19.4 Å². The van der Waals surface area contributed by atoms with Gasteiger partial charge in [-0.25, -0.2) is 4.57 Å². The van der Waals surface area contributed by atoms with Crippen molar-refractivity contribution in [3.8, 4) is 0 Å². The van der Waals surface area contributed by atoms with Crippen LogP contribution < -0.4 is 5.73 Å². The van der Waals surface area contributed by atoms with Crippen molar-refractivity contribution >= 4 is 19.8 Å². The van der Waals surface area contributed by atoms with E-state index >= 15 is 0 Å². The Hall–Kier alpha value is -1.29. The maximum atomic E-state index is 12.5. The van der Waals surface area contributed by atoms with Crippen molar-refractivity contribution < 1.29 is 42.3 Å². The van der Waals surface area contributed by atoms with Crippen LogP contribution in [0.15, 0.2) is 12.2 Å². The molecule has 3 N–H and O–H groups in total. The largest absolute Gasteiger partial charge is 0.472 e. The van der Waals surface area contributed by atoms with Gasteiger partial charge in [0.05, 0.1) is 25.4 Å². The number of nitrogens with two attached hydrogens (primary N) is 1. The van der Waals surface area contributed by atoms with Gasteiger partial charge < -0.3 is 24.8 Å². The van der Waals surface area contributed by atoms with E-state index < -0.39 is 32.5 Å². The molecule has 11 heteroatoms. The number of rotatable bonds is 36. The highest BCUT2D eigenvalue weighted by atomic mass is 31.2. The molecule has 10 nitrogen and oxygen atoms in total. The van der Waals surface area contributed by atoms with Crippen LogP contribution in [-0.2, 0) is 37.4 Å². The first-order chi connectivity index (χ1) is 23.8. The number of phosphoric acid groups is 1. The second kappa shape index (κ2) is 31.4. The molecule has 0 spiro atoms. The zero-order chi connectivity index (χ0) is 35.8. The van der Waals surface area contributed by atoms with Crippen LogP contribution in [0.2, 0.25) is 0 Å². The van der Waals surface area contributed by atoms with Gasteiger partial charge in [0.1, 0.15) is 6.61 Å². The first-order valence-corrected chi connectivity index (χ1v) is 21.3. The molecular formula is C38H72NO9P. The lowest BCUT2D eigenvalue weighted by Gasteiger charge is -2.19. The minimum atomic E-state index is -4.37. The Labute approximate surface area is 298 Å². The lowest BCUT2D eigenvalue weighted by atomic mass is 10.0. The Bertz CT molecular complexity index is 887. The number of unbranched alkanes of at least 4 members (excludes halogenated alkanes) is 18. The number of ether oxygens (including phenoxy) is 3. The smallest absolute Gasteiger partial charge is 0.462 e. The molecule has 0 aliphatic carbocycles. The fourth-order valence-electron chi connectivity index (χ4n) is 5.76. The van der Waals surface area contributed by atoms with E-state index in [4.69, 9.17) is 29.0 Å². The zero-order valence-corrected chi connectivity index (χ0v) is 32.0. The fraction of sp³-hybridized carbons (Fsp3) is 0.895. The molecule has 0 bridgehead atoms. The summed E-state index contributed by atoms with van der Waals surface area (Å²) in [7, 11) is -4.37. The maximum Gasteiger partial charge on any atom is 0.472 e. The number of esters is 2. The van der Waals surface area contributed by atoms with E-state index in [1.165, 1.54) is 77.0 Å². The molecule has 1 aliphatic heterocycles. The molecule has 4 atom stereocenters. The van der Waals surface area contributed by atoms with Gasteiger partial charge >= 0.3 is 19.8 Å². The van der Waals surface area contributed by atoms with Crippen molar-refractivity contribution in [2.75, 3.05) is 26.4 Å². The van der Waals surface area contributed by atoms with Gasteiger partial charge in [-0.2, -0.15) is 0 Å². The third kappa shape index (κ3) is 29.0. The Morgan fingerprint density at radius 2 is 1.27 bits per heavy atom. The van der Waals surface area contributed by atoms with E-state index in [0.717, 1.165) is 57.8 Å². The van der Waals surface area contributed by atoms with Gasteiger partial charge in [-0.15, -0.1) is 0 Å². The zero-order valence-electron chi connectivity index (χ0n) is 31.1. The van der Waals surface area contributed by atoms with Crippen LogP contribution >= 0.6 is 7.82 Å². The van der Waals surface area contributed by atoms with Crippen molar-refractivity contribution in [2.24, 2.45) is 5.73 Å². The summed E-state index contributed by atoms with van der Waals surface area (Å²) in [5, 5.41) is 0. The first kappa shape index (κ1) is 45.7. The third-order valence-electron chi connectivity index (χ3n) is 8.83. The average molecular weight is 718 g/mol. The van der Waals surface area contributed by atoms with Crippen molar-refractivity contribution in [2.45, 2.75) is 193 Å². The van der Waals surface area contributed by atoms with E-state index in [0.29, 0.717) is 25.0 Å². The Balaban J connectivity index is 2.21. The highest BCUT2D eigenvalue weighted by molar-refractivity contribution is 7.47. The standard InChI is InChI=1S/C38H72NO9P/c1-3-5-7-9-11-12-13-14-15-16-20-25-29-38(41)47-34(33-46-49(42,43)45-31-30-39)32-44-37(40)28-24-21-17-19-23-27-36-35(48-36)26-22-18-10-8-6-4-2/h18,22,34-36H,3-17,19-21,23-33,39H2,1-2H3,(H,42,43)/b22-18-/t34-,35?,36?/m1/s1. The number of hydrogen-bond donors (Lipinski definition) is 2. The predicted molar refractivity (Wildman–Crippen MR) is 196 cm³/mol. The van der Waals surface area contributed by atoms with Crippen LogP contribution in [0.3, 0.4) is 0 Å². The fourth-order valence-corrected chi connectivity index (χ4v) is 6.52. The van der Waals surface area contributed by atoms with Gasteiger partial charge in [-0.1, -0.05) is 135 Å². The summed E-state index contributed by atoms with van der Waals surface area (Å²) in [5.41, 5.74) is 5.33. The molecule has 0 amide bonds. The Kier molecular flexibility index (Phi) is 29.3. The third-order valence-corrected chi connectivity index (χ3v) is 9.81. The van der Waals surface area contributed by atoms with Crippen LogP contribution in [-0.4, -0.2) is 61.5 Å². The summed E-state index contributed by atoms with van der Waals surface area (Å²) in [5.74, 6) is -0.847. The molecule has 1 fully saturated rings. The van der Waals surface area contributed by atoms with E-state index in [2.05, 4.69) is 26.0 Å². The normalized spacial score (nSPS) is 17.6. The minimum Gasteiger partial charge on any atom is -0.462 e. The molecular weight excluding hydrogens is 645 g/mol. The number of phosphoric ester groups is 1. The topological polar surface area (TPSA) is 147 Å². The molecule has 3 unspecified atom stereocenters. The Morgan fingerprint density at radius 1 is 0.714 bits per heavy atom. The van der Waals surface area contributed by atoms with E-state index in [-0.39, 0.29) is 32.6 Å². The van der Waals surface area contributed by atoms with Crippen molar-refractivity contribution in [3.63, 3.8) is 0 Å². The van der Waals surface area contributed by atoms with Crippen LogP contribution in [0.4, 0.5) is 0 Å². The molecule has 0 radical (unpaired) electrons. The van der Waals surface area contributed by atoms with Crippen LogP contribution in [0.1, 0.15) is 174 Å². The van der Waals surface area contributed by atoms with E-state index in [9.17, 15) is 19.0 Å². The first-order valence-electron chi connectivity index (χ1n) is 19.8. The number of carbonyl (C=O) groups is 2. The van der Waals surface area contributed by atoms with Gasteiger partial charge in [0.2, 0.25) is 0 Å². The van der Waals surface area contributed by atoms with Crippen molar-refractivity contribution in [1.29, 1.82) is 0 Å². The minimum absolute atomic E-state index is 0.0511. The van der Waals surface area contributed by atoms with Gasteiger partial charge in [0.25, 0.3) is 0 Å². The lowest BCUT2D eigenvalue weighted by molar-refractivity contribution is -0.161. The van der Waals surface area contributed by atoms with Gasteiger partial charge in [0.15, 0.2) is 6.10 Å². The molecule has 288 valence electrons. The summed E-state index contributed by atoms with van der Waals surface area (Å²) in [6.07, 6.45) is 31.1. The van der Waals surface area contributed by atoms with E-state index in [1.54, 1.807) is 0 Å². The molecule has 0 aromatic rings. The molecule has 0 saturated carbocycles. The predicted octanol–water partition coefficient (Wildman–Crippen LogP) is 9.65. The van der Waals surface area contributed by atoms with Crippen LogP contribution in [0.25, 0.3) is 0 Å². The summed E-state index contributed by atoms with van der Waals surface area (Å²) in [6, 6.07) is 0. The second-order valence-corrected chi connectivity index (χ2v) is 15.0. The number of carbonyl (C=O) groups excluding carboxylic acids is 2. The quantitative estimate of drug-likeness (QED) is 0.0211. The highest BCUT2D eigenvalue weighted by Gasteiger charge is 2.36. The Morgan fingerprint density at radius 3 is 1.88 bits per heavy atom. The van der Waals surface area contributed by atoms with Crippen LogP contribution in [0, 0.1) is 0 Å². The van der Waals surface area contributed by atoms with Gasteiger partial charge in [-0.05, 0) is 38.5 Å². The summed E-state index contributed by atoms with van der Waals surface area (Å²) in [6.45, 7) is 3.67. The monoisotopic (exact) mass is 717 g/mol. The van der Waals surface area contributed by atoms with Gasteiger partial charge in [-0.3, -0.25) is 18.6 Å². The lowest BCUT2D eigenvalue weighted by Crippen LogP contribution is -2.29. The van der Waals surface area contributed by atoms with Crippen molar-refractivity contribution in [3.05, 3.63) is 12.2 Å². The van der Waals surface area contributed by atoms with E-state index in [1.807, 2.05) is 0 Å². The highest BCUT2D eigenvalue weighted by Crippen LogP contribution is 2.43. The number of allylic oxidation sites excluding steroid dienone is 1. The number of epoxide rings is 1. The molecule has 0 aromatic heterocycles. The molecule has 0 aromatic carbocycles. The van der Waals surface area contributed by atoms with Crippen molar-refractivity contribution in [1.82, 2.24) is 0 Å². The molecule has 1 heterocycles. The maximum absolute atomic E-state index is 12.5. The molecule has 1 saturated heterocycles. The SMILES string of the molecule is CCCCC/C=C\CC1OC1CCCCCCCC(=O)OC[C@H](COP(=O)(O)OCCN)OC(=O)CCCCCCCCCCCCCC. The molecule has 1 rings (SSSR count). The molecule has 49 heavy (non-hydrogen) atoms. The van der Waals surface area contributed by atoms with Crippen LogP contribution in [0.5, 0.6) is 0 Å². The summed E-state index contributed by atoms with van der Waals surface area (Å²) >= 11 is 0. The number of hydrogen-bond acceptors (Lipinski definition) is 9. The second-order valence-electron chi connectivity index (χ2n) is 13.5. The molecule has 1 aliphatic rings. The summed E-state index contributed by atoms with van der Waals surface area (Å²) < 4.78 is 38.5.